The van der Waals surface area contributed by atoms with Crippen LogP contribution in [0.4, 0.5) is 0 Å². The van der Waals surface area contributed by atoms with Gasteiger partial charge >= 0.3 is 0 Å². The first-order valence-electron chi connectivity index (χ1n) is 9.06. The molecule has 0 fully saturated rings. The normalized spacial score (nSPS) is 14.2. The lowest BCUT2D eigenvalue weighted by atomic mass is 9.83. The van der Waals surface area contributed by atoms with E-state index in [1.54, 1.807) is 28.4 Å². The Labute approximate surface area is 161 Å². The van der Waals surface area contributed by atoms with Crippen molar-refractivity contribution in [1.82, 2.24) is 0 Å². The smallest absolute Gasteiger partial charge is 0.161 e. The van der Waals surface area contributed by atoms with Crippen molar-refractivity contribution in [3.05, 3.63) is 47.5 Å². The van der Waals surface area contributed by atoms with E-state index in [-0.39, 0.29) is 11.8 Å². The zero-order valence-corrected chi connectivity index (χ0v) is 17.0. The Bertz CT molecular complexity index is 743. The number of hydrogen-bond acceptors (Lipinski definition) is 5. The van der Waals surface area contributed by atoms with Gasteiger partial charge in [0.25, 0.3) is 0 Å². The fraction of sp³-hybridized carbons (Fsp3) is 0.455. The first-order chi connectivity index (χ1) is 12.9. The Morgan fingerprint density at radius 3 is 1.81 bits per heavy atom. The molecule has 0 aliphatic rings. The molecule has 2 aromatic rings. The molecule has 0 amide bonds. The van der Waals surface area contributed by atoms with Crippen molar-refractivity contribution in [1.29, 1.82) is 0 Å². The molecular formula is C22H30O5. The number of hydrogen-bond donors (Lipinski definition) is 1. The molecule has 5 heteroatoms. The Kier molecular flexibility index (Phi) is 7.36. The number of benzene rings is 2. The van der Waals surface area contributed by atoms with Crippen LogP contribution in [0.2, 0.25) is 0 Å². The van der Waals surface area contributed by atoms with Gasteiger partial charge in [-0.2, -0.15) is 0 Å². The van der Waals surface area contributed by atoms with Gasteiger partial charge < -0.3 is 24.1 Å². The third-order valence-corrected chi connectivity index (χ3v) is 5.15. The van der Waals surface area contributed by atoms with Crippen LogP contribution in [-0.4, -0.2) is 33.5 Å². The summed E-state index contributed by atoms with van der Waals surface area (Å²) in [6.07, 6.45) is 0.228. The molecule has 0 aromatic heterocycles. The molecule has 0 saturated heterocycles. The number of rotatable bonds is 9. The van der Waals surface area contributed by atoms with Crippen LogP contribution in [0.15, 0.2) is 36.4 Å². The quantitative estimate of drug-likeness (QED) is 0.710. The number of methoxy groups -OCH3 is 4. The molecule has 3 atom stereocenters. The van der Waals surface area contributed by atoms with Crippen molar-refractivity contribution in [2.45, 2.75) is 26.4 Å². The summed E-state index contributed by atoms with van der Waals surface area (Å²) in [7, 11) is 6.45. The van der Waals surface area contributed by atoms with E-state index in [9.17, 15) is 5.11 Å². The highest BCUT2D eigenvalue weighted by Gasteiger charge is 2.24. The zero-order chi connectivity index (χ0) is 20.0. The molecule has 5 nitrogen and oxygen atoms in total. The highest BCUT2D eigenvalue weighted by atomic mass is 16.5. The minimum atomic E-state index is -0.597. The molecule has 1 N–H and O–H groups in total. The van der Waals surface area contributed by atoms with Crippen LogP contribution in [-0.2, 0) is 6.42 Å². The largest absolute Gasteiger partial charge is 0.493 e. The highest BCUT2D eigenvalue weighted by Crippen LogP contribution is 2.36. The molecule has 148 valence electrons. The van der Waals surface area contributed by atoms with Crippen molar-refractivity contribution in [2.24, 2.45) is 11.8 Å². The molecule has 0 spiro atoms. The molecule has 0 unspecified atom stereocenters. The monoisotopic (exact) mass is 374 g/mol. The van der Waals surface area contributed by atoms with E-state index in [1.165, 1.54) is 0 Å². The second-order valence-electron chi connectivity index (χ2n) is 6.79. The average molecular weight is 374 g/mol. The van der Waals surface area contributed by atoms with Gasteiger partial charge in [0.2, 0.25) is 0 Å². The fourth-order valence-electron chi connectivity index (χ4n) is 3.22. The molecule has 2 rings (SSSR count). The first-order valence-corrected chi connectivity index (χ1v) is 9.06. The standard InChI is InChI=1S/C22H30O5/c1-14(11-16-7-9-18(24-3)20(12-16)26-5)15(2)22(23)17-8-10-19(25-4)21(13-17)27-6/h7-10,12-15,22-23H,11H2,1-6H3/t14-,15-,22+/m0/s1. The van der Waals surface area contributed by atoms with Gasteiger partial charge in [-0.1, -0.05) is 26.0 Å². The molecule has 0 aliphatic carbocycles. The lowest BCUT2D eigenvalue weighted by Crippen LogP contribution is -2.19. The third kappa shape index (κ3) is 4.86. The minimum absolute atomic E-state index is 0.0520. The molecule has 27 heavy (non-hydrogen) atoms. The highest BCUT2D eigenvalue weighted by molar-refractivity contribution is 5.44. The summed E-state index contributed by atoms with van der Waals surface area (Å²) in [5.74, 6) is 3.01. The van der Waals surface area contributed by atoms with E-state index < -0.39 is 6.10 Å². The van der Waals surface area contributed by atoms with Crippen LogP contribution in [0.5, 0.6) is 23.0 Å². The van der Waals surface area contributed by atoms with E-state index in [4.69, 9.17) is 18.9 Å². The van der Waals surface area contributed by atoms with Crippen LogP contribution in [0.3, 0.4) is 0 Å². The number of ether oxygens (including phenoxy) is 4. The van der Waals surface area contributed by atoms with Crippen LogP contribution >= 0.6 is 0 Å². The third-order valence-electron chi connectivity index (χ3n) is 5.15. The van der Waals surface area contributed by atoms with Crippen LogP contribution < -0.4 is 18.9 Å². The van der Waals surface area contributed by atoms with Gasteiger partial charge in [-0.25, -0.2) is 0 Å². The average Bonchev–Trinajstić information content (AvgIpc) is 2.71. The van der Waals surface area contributed by atoms with Crippen molar-refractivity contribution >= 4 is 0 Å². The Hall–Kier alpha value is -2.40. The zero-order valence-electron chi connectivity index (χ0n) is 17.0. The van der Waals surface area contributed by atoms with E-state index in [1.807, 2.05) is 36.4 Å². The van der Waals surface area contributed by atoms with Crippen LogP contribution in [0, 0.1) is 11.8 Å². The second kappa shape index (κ2) is 9.51. The van der Waals surface area contributed by atoms with Crippen LogP contribution in [0.1, 0.15) is 31.1 Å². The van der Waals surface area contributed by atoms with Gasteiger partial charge in [-0.3, -0.25) is 0 Å². The Balaban J connectivity index is 2.13. The van der Waals surface area contributed by atoms with Gasteiger partial charge in [0.1, 0.15) is 0 Å². The Morgan fingerprint density at radius 2 is 1.26 bits per heavy atom. The summed E-state index contributed by atoms with van der Waals surface area (Å²) in [4.78, 5) is 0. The molecule has 0 heterocycles. The number of aliphatic hydroxyl groups is 1. The summed E-state index contributed by atoms with van der Waals surface area (Å²) in [6.45, 7) is 4.21. The maximum absolute atomic E-state index is 10.9. The maximum Gasteiger partial charge on any atom is 0.161 e. The Morgan fingerprint density at radius 1 is 0.741 bits per heavy atom. The van der Waals surface area contributed by atoms with Gasteiger partial charge in [0.05, 0.1) is 34.5 Å². The summed E-state index contributed by atoms with van der Waals surface area (Å²) < 4.78 is 21.3. The lowest BCUT2D eigenvalue weighted by Gasteiger charge is -2.26. The molecule has 0 saturated carbocycles. The summed E-state index contributed by atoms with van der Waals surface area (Å²) >= 11 is 0. The fourth-order valence-corrected chi connectivity index (χ4v) is 3.22. The SMILES string of the molecule is COc1ccc(C[C@H](C)[C@H](C)[C@@H](O)c2ccc(OC)c(OC)c2)cc1OC. The van der Waals surface area contributed by atoms with Gasteiger partial charge in [0.15, 0.2) is 23.0 Å². The first kappa shape index (κ1) is 20.9. The predicted molar refractivity (Wildman–Crippen MR) is 106 cm³/mol. The van der Waals surface area contributed by atoms with E-state index in [0.29, 0.717) is 17.2 Å². The maximum atomic E-state index is 10.9. The van der Waals surface area contributed by atoms with Crippen molar-refractivity contribution < 1.29 is 24.1 Å². The van der Waals surface area contributed by atoms with Gasteiger partial charge in [0, 0.05) is 0 Å². The topological polar surface area (TPSA) is 57.2 Å². The second-order valence-corrected chi connectivity index (χ2v) is 6.79. The van der Waals surface area contributed by atoms with Gasteiger partial charge in [-0.15, -0.1) is 0 Å². The number of aliphatic hydroxyl groups excluding tert-OH is 1. The molecular weight excluding hydrogens is 344 g/mol. The minimum Gasteiger partial charge on any atom is -0.493 e. The van der Waals surface area contributed by atoms with E-state index in [0.717, 1.165) is 23.3 Å². The molecule has 0 aliphatic heterocycles. The van der Waals surface area contributed by atoms with Crippen LogP contribution in [0.25, 0.3) is 0 Å². The summed E-state index contributed by atoms with van der Waals surface area (Å²) in [5.41, 5.74) is 1.96. The van der Waals surface area contributed by atoms with Gasteiger partial charge in [-0.05, 0) is 53.6 Å². The van der Waals surface area contributed by atoms with Crippen molar-refractivity contribution in [2.75, 3.05) is 28.4 Å². The van der Waals surface area contributed by atoms with Crippen molar-refractivity contribution in [3.63, 3.8) is 0 Å². The van der Waals surface area contributed by atoms with E-state index in [2.05, 4.69) is 13.8 Å². The molecule has 0 radical (unpaired) electrons. The summed E-state index contributed by atoms with van der Waals surface area (Å²) in [5, 5.41) is 10.9. The lowest BCUT2D eigenvalue weighted by molar-refractivity contribution is 0.0869. The van der Waals surface area contributed by atoms with Crippen molar-refractivity contribution in [3.8, 4) is 23.0 Å². The van der Waals surface area contributed by atoms with E-state index >= 15 is 0 Å². The summed E-state index contributed by atoms with van der Waals surface area (Å²) in [6, 6.07) is 11.5. The molecule has 0 bridgehead atoms. The predicted octanol–water partition coefficient (Wildman–Crippen LogP) is 4.27. The molecule has 2 aromatic carbocycles.